The number of aldehydes is 1. The highest BCUT2D eigenvalue weighted by atomic mass is 16.2. The van der Waals surface area contributed by atoms with Crippen molar-refractivity contribution in [3.05, 3.63) is 29.3 Å². The van der Waals surface area contributed by atoms with E-state index < -0.39 is 17.9 Å². The molecule has 128 valence electrons. The molecule has 1 aromatic rings. The quantitative estimate of drug-likeness (QED) is 0.446. The van der Waals surface area contributed by atoms with E-state index in [1.807, 2.05) is 0 Å². The molecule has 0 aliphatic carbocycles. The van der Waals surface area contributed by atoms with Crippen molar-refractivity contribution in [1.29, 1.82) is 0 Å². The van der Waals surface area contributed by atoms with Gasteiger partial charge >= 0.3 is 0 Å². The minimum atomic E-state index is -0.975. The maximum absolute atomic E-state index is 12.7. The van der Waals surface area contributed by atoms with Gasteiger partial charge in [0, 0.05) is 32.2 Å². The Bertz CT molecular complexity index is 674. The van der Waals surface area contributed by atoms with Gasteiger partial charge in [-0.25, -0.2) is 0 Å². The van der Waals surface area contributed by atoms with Crippen molar-refractivity contribution < 1.29 is 19.2 Å². The number of nitrogens with two attached hydrogens (primary N) is 1. The second-order valence-electron chi connectivity index (χ2n) is 5.34. The Balaban J connectivity index is 2.27. The highest BCUT2D eigenvalue weighted by Gasteiger charge is 2.41. The first-order valence-corrected chi connectivity index (χ1v) is 7.65. The number of rotatable bonds is 8. The normalized spacial score (nSPS) is 14.3. The molecule has 8 nitrogen and oxygen atoms in total. The molecule has 1 aromatic carbocycles. The highest BCUT2D eigenvalue weighted by molar-refractivity contribution is 6.24. The SMILES string of the molecule is CNC(=O)CCC(C=O)N1C(=O)c2cccc(NCCN)c2C1=O. The molecule has 0 bridgehead atoms. The van der Waals surface area contributed by atoms with Gasteiger partial charge < -0.3 is 21.2 Å². The highest BCUT2D eigenvalue weighted by Crippen LogP contribution is 2.31. The summed E-state index contributed by atoms with van der Waals surface area (Å²) in [4.78, 5) is 48.9. The van der Waals surface area contributed by atoms with Crippen molar-refractivity contribution in [1.82, 2.24) is 10.2 Å². The maximum atomic E-state index is 12.7. The third kappa shape index (κ3) is 3.28. The second-order valence-corrected chi connectivity index (χ2v) is 5.34. The molecule has 1 aliphatic rings. The summed E-state index contributed by atoms with van der Waals surface area (Å²) in [5, 5.41) is 5.45. The number of carbonyl (C=O) groups excluding carboxylic acids is 4. The van der Waals surface area contributed by atoms with Gasteiger partial charge in [0.25, 0.3) is 11.8 Å². The largest absolute Gasteiger partial charge is 0.383 e. The Morgan fingerprint density at radius 2 is 2.08 bits per heavy atom. The fourth-order valence-corrected chi connectivity index (χ4v) is 2.62. The Kier molecular flexibility index (Phi) is 5.64. The number of hydrogen-bond donors (Lipinski definition) is 3. The van der Waals surface area contributed by atoms with Gasteiger partial charge in [-0.3, -0.25) is 19.3 Å². The van der Waals surface area contributed by atoms with E-state index in [4.69, 9.17) is 5.73 Å². The Labute approximate surface area is 139 Å². The molecular formula is C16H20N4O4. The number of imide groups is 1. The van der Waals surface area contributed by atoms with Crippen LogP contribution in [0, 0.1) is 0 Å². The molecule has 2 rings (SSSR count). The first-order valence-electron chi connectivity index (χ1n) is 7.65. The number of carbonyl (C=O) groups is 4. The van der Waals surface area contributed by atoms with Gasteiger partial charge in [0.2, 0.25) is 5.91 Å². The Hall–Kier alpha value is -2.74. The molecule has 1 heterocycles. The van der Waals surface area contributed by atoms with E-state index in [0.717, 1.165) is 4.90 Å². The van der Waals surface area contributed by atoms with Gasteiger partial charge in [-0.15, -0.1) is 0 Å². The molecular weight excluding hydrogens is 312 g/mol. The first-order chi connectivity index (χ1) is 11.5. The van der Waals surface area contributed by atoms with Crippen molar-refractivity contribution in [2.24, 2.45) is 5.73 Å². The standard InChI is InChI=1S/C16H20N4O4/c1-18-13(22)6-5-10(9-21)20-15(23)11-3-2-4-12(19-8-7-17)14(11)16(20)24/h2-4,9-10,19H,5-8,17H2,1H3,(H,18,22). The van der Waals surface area contributed by atoms with Crippen LogP contribution < -0.4 is 16.4 Å². The van der Waals surface area contributed by atoms with Crippen LogP contribution in [-0.4, -0.2) is 55.1 Å². The van der Waals surface area contributed by atoms with Gasteiger partial charge in [-0.1, -0.05) is 6.07 Å². The number of anilines is 1. The van der Waals surface area contributed by atoms with Crippen LogP contribution in [0.25, 0.3) is 0 Å². The molecule has 8 heteroatoms. The van der Waals surface area contributed by atoms with Crippen LogP contribution in [-0.2, 0) is 9.59 Å². The number of nitrogens with one attached hydrogen (secondary N) is 2. The van der Waals surface area contributed by atoms with Gasteiger partial charge in [0.05, 0.1) is 17.2 Å². The van der Waals surface area contributed by atoms with Crippen LogP contribution in [0.3, 0.4) is 0 Å². The Morgan fingerprint density at radius 1 is 1.33 bits per heavy atom. The summed E-state index contributed by atoms with van der Waals surface area (Å²) in [6.07, 6.45) is 0.656. The average molecular weight is 332 g/mol. The van der Waals surface area contributed by atoms with E-state index in [2.05, 4.69) is 10.6 Å². The van der Waals surface area contributed by atoms with Gasteiger partial charge in [-0.05, 0) is 18.6 Å². The predicted molar refractivity (Wildman–Crippen MR) is 87.6 cm³/mol. The minimum absolute atomic E-state index is 0.0472. The van der Waals surface area contributed by atoms with E-state index in [0.29, 0.717) is 25.1 Å². The van der Waals surface area contributed by atoms with Crippen LogP contribution in [0.15, 0.2) is 18.2 Å². The molecule has 0 saturated carbocycles. The lowest BCUT2D eigenvalue weighted by Gasteiger charge is -2.21. The molecule has 0 saturated heterocycles. The molecule has 1 unspecified atom stereocenters. The molecule has 0 spiro atoms. The third-order valence-corrected chi connectivity index (χ3v) is 3.84. The molecule has 0 fully saturated rings. The average Bonchev–Trinajstić information content (AvgIpc) is 2.85. The lowest BCUT2D eigenvalue weighted by molar-refractivity contribution is -0.121. The van der Waals surface area contributed by atoms with Crippen LogP contribution in [0.1, 0.15) is 33.6 Å². The lowest BCUT2D eigenvalue weighted by atomic mass is 10.1. The van der Waals surface area contributed by atoms with Gasteiger partial charge in [-0.2, -0.15) is 0 Å². The van der Waals surface area contributed by atoms with E-state index in [-0.39, 0.29) is 29.9 Å². The number of amides is 3. The summed E-state index contributed by atoms with van der Waals surface area (Å²) in [6, 6.07) is 3.91. The number of nitrogens with zero attached hydrogens (tertiary/aromatic N) is 1. The minimum Gasteiger partial charge on any atom is -0.383 e. The number of benzene rings is 1. The van der Waals surface area contributed by atoms with E-state index >= 15 is 0 Å². The molecule has 24 heavy (non-hydrogen) atoms. The second kappa shape index (κ2) is 7.69. The fraction of sp³-hybridized carbons (Fsp3) is 0.375. The predicted octanol–water partition coefficient (Wildman–Crippen LogP) is -0.253. The monoisotopic (exact) mass is 332 g/mol. The third-order valence-electron chi connectivity index (χ3n) is 3.84. The summed E-state index contributed by atoms with van der Waals surface area (Å²) in [6.45, 7) is 0.824. The van der Waals surface area contributed by atoms with Gasteiger partial charge in [0.15, 0.2) is 0 Å². The fourth-order valence-electron chi connectivity index (χ4n) is 2.62. The number of fused-ring (bicyclic) bond motifs is 1. The lowest BCUT2D eigenvalue weighted by Crippen LogP contribution is -2.41. The van der Waals surface area contributed by atoms with E-state index in [1.54, 1.807) is 18.2 Å². The maximum Gasteiger partial charge on any atom is 0.264 e. The zero-order valence-corrected chi connectivity index (χ0v) is 13.4. The van der Waals surface area contributed by atoms with E-state index in [1.165, 1.54) is 7.05 Å². The summed E-state index contributed by atoms with van der Waals surface area (Å²) < 4.78 is 0. The van der Waals surface area contributed by atoms with Crippen molar-refractivity contribution in [2.45, 2.75) is 18.9 Å². The molecule has 1 atom stereocenters. The molecule has 0 aromatic heterocycles. The van der Waals surface area contributed by atoms with Crippen LogP contribution in [0.4, 0.5) is 5.69 Å². The molecule has 0 radical (unpaired) electrons. The van der Waals surface area contributed by atoms with Gasteiger partial charge in [0.1, 0.15) is 6.29 Å². The molecule has 4 N–H and O–H groups in total. The van der Waals surface area contributed by atoms with Crippen molar-refractivity contribution in [3.63, 3.8) is 0 Å². The molecule has 3 amide bonds. The van der Waals surface area contributed by atoms with Crippen LogP contribution >= 0.6 is 0 Å². The topological polar surface area (TPSA) is 122 Å². The number of hydrogen-bond acceptors (Lipinski definition) is 6. The zero-order chi connectivity index (χ0) is 17.7. The van der Waals surface area contributed by atoms with Crippen LogP contribution in [0.2, 0.25) is 0 Å². The summed E-state index contributed by atoms with van der Waals surface area (Å²) >= 11 is 0. The van der Waals surface area contributed by atoms with Crippen molar-refractivity contribution in [2.75, 3.05) is 25.5 Å². The smallest absolute Gasteiger partial charge is 0.264 e. The summed E-state index contributed by atoms with van der Waals surface area (Å²) in [5.74, 6) is -1.33. The Morgan fingerprint density at radius 3 is 2.71 bits per heavy atom. The molecule has 1 aliphatic heterocycles. The first kappa shape index (κ1) is 17.6. The zero-order valence-electron chi connectivity index (χ0n) is 13.4. The summed E-state index contributed by atoms with van der Waals surface area (Å²) in [7, 11) is 1.48. The van der Waals surface area contributed by atoms with Crippen molar-refractivity contribution in [3.8, 4) is 0 Å². The van der Waals surface area contributed by atoms with Crippen LogP contribution in [0.5, 0.6) is 0 Å². The summed E-state index contributed by atoms with van der Waals surface area (Å²) in [5.41, 5.74) is 6.44. The van der Waals surface area contributed by atoms with Crippen molar-refractivity contribution >= 4 is 29.7 Å². The van der Waals surface area contributed by atoms with E-state index in [9.17, 15) is 19.2 Å².